The van der Waals surface area contributed by atoms with E-state index < -0.39 is 11.7 Å². The fourth-order valence-electron chi connectivity index (χ4n) is 1.91. The third kappa shape index (κ3) is 2.83. The van der Waals surface area contributed by atoms with Crippen molar-refractivity contribution in [3.8, 4) is 0 Å². The molecule has 0 aliphatic carbocycles. The molecule has 4 nitrogen and oxygen atoms in total. The lowest BCUT2D eigenvalue weighted by Crippen LogP contribution is -2.14. The molecule has 0 aliphatic rings. The summed E-state index contributed by atoms with van der Waals surface area (Å²) >= 11 is 5.66. The normalized spacial score (nSPS) is 10.6. The number of pyridine rings is 2. The molecule has 3 aromatic rings. The number of carbonyl (C=O) groups is 1. The summed E-state index contributed by atoms with van der Waals surface area (Å²) in [6.07, 6.45) is 2.99. The standard InChI is InChI=1S/C15H9ClFN3O/c16-14-4-3-10(8-19-14)20-15(21)11-7-13-9(6-12(11)17)2-1-5-18-13/h1-8H,(H,20,21). The second-order valence-corrected chi connectivity index (χ2v) is 4.74. The topological polar surface area (TPSA) is 54.9 Å². The molecule has 2 heterocycles. The number of aromatic nitrogens is 2. The van der Waals surface area contributed by atoms with E-state index in [1.54, 1.807) is 24.4 Å². The summed E-state index contributed by atoms with van der Waals surface area (Å²) in [5.74, 6) is -1.17. The van der Waals surface area contributed by atoms with Crippen molar-refractivity contribution < 1.29 is 9.18 Å². The maximum atomic E-state index is 14.0. The summed E-state index contributed by atoms with van der Waals surface area (Å²) in [7, 11) is 0. The van der Waals surface area contributed by atoms with Gasteiger partial charge in [-0.05, 0) is 30.3 Å². The van der Waals surface area contributed by atoms with E-state index in [4.69, 9.17) is 11.6 Å². The molecule has 6 heteroatoms. The number of hydrogen-bond acceptors (Lipinski definition) is 3. The number of fused-ring (bicyclic) bond motifs is 1. The number of rotatable bonds is 2. The molecule has 0 radical (unpaired) electrons. The van der Waals surface area contributed by atoms with E-state index in [0.717, 1.165) is 0 Å². The first-order valence-electron chi connectivity index (χ1n) is 6.11. The zero-order chi connectivity index (χ0) is 14.8. The van der Waals surface area contributed by atoms with Crippen LogP contribution in [0.2, 0.25) is 5.15 Å². The molecule has 0 spiro atoms. The zero-order valence-corrected chi connectivity index (χ0v) is 11.4. The maximum absolute atomic E-state index is 14.0. The summed E-state index contributed by atoms with van der Waals surface area (Å²) < 4.78 is 14.0. The summed E-state index contributed by atoms with van der Waals surface area (Å²) in [4.78, 5) is 20.1. The predicted molar refractivity (Wildman–Crippen MR) is 78.9 cm³/mol. The van der Waals surface area contributed by atoms with Crippen molar-refractivity contribution in [2.75, 3.05) is 5.32 Å². The van der Waals surface area contributed by atoms with E-state index in [9.17, 15) is 9.18 Å². The van der Waals surface area contributed by atoms with Gasteiger partial charge in [-0.15, -0.1) is 0 Å². The summed E-state index contributed by atoms with van der Waals surface area (Å²) in [6.45, 7) is 0. The minimum absolute atomic E-state index is 0.0730. The first-order chi connectivity index (χ1) is 10.1. The van der Waals surface area contributed by atoms with Crippen LogP contribution in [-0.4, -0.2) is 15.9 Å². The predicted octanol–water partition coefficient (Wildman–Crippen LogP) is 3.67. The third-order valence-corrected chi connectivity index (χ3v) is 3.15. The molecule has 0 saturated heterocycles. The smallest absolute Gasteiger partial charge is 0.258 e. The summed E-state index contributed by atoms with van der Waals surface area (Å²) in [5.41, 5.74) is 0.916. The van der Waals surface area contributed by atoms with Crippen LogP contribution in [0.25, 0.3) is 10.9 Å². The molecule has 0 fully saturated rings. The van der Waals surface area contributed by atoms with Gasteiger partial charge < -0.3 is 5.32 Å². The van der Waals surface area contributed by atoms with Gasteiger partial charge in [0.1, 0.15) is 11.0 Å². The van der Waals surface area contributed by atoms with Gasteiger partial charge in [0.15, 0.2) is 0 Å². The van der Waals surface area contributed by atoms with Crippen LogP contribution < -0.4 is 5.32 Å². The van der Waals surface area contributed by atoms with E-state index in [1.165, 1.54) is 24.4 Å². The molecule has 0 saturated carbocycles. The van der Waals surface area contributed by atoms with Gasteiger partial charge in [0.2, 0.25) is 0 Å². The quantitative estimate of drug-likeness (QED) is 0.735. The maximum Gasteiger partial charge on any atom is 0.258 e. The highest BCUT2D eigenvalue weighted by molar-refractivity contribution is 6.29. The molecule has 104 valence electrons. The SMILES string of the molecule is O=C(Nc1ccc(Cl)nc1)c1cc2ncccc2cc1F. The van der Waals surface area contributed by atoms with Gasteiger partial charge in [-0.3, -0.25) is 9.78 Å². The average molecular weight is 302 g/mol. The number of carbonyl (C=O) groups excluding carboxylic acids is 1. The Kier molecular flexibility index (Phi) is 3.50. The van der Waals surface area contributed by atoms with Crippen molar-refractivity contribution in [1.82, 2.24) is 9.97 Å². The molecule has 1 amide bonds. The molecule has 0 bridgehead atoms. The number of nitrogens with zero attached hydrogens (tertiary/aromatic N) is 2. The van der Waals surface area contributed by atoms with E-state index in [-0.39, 0.29) is 5.56 Å². The number of anilines is 1. The van der Waals surface area contributed by atoms with Gasteiger partial charge in [0, 0.05) is 11.6 Å². The Balaban J connectivity index is 1.93. The summed E-state index contributed by atoms with van der Waals surface area (Å²) in [5, 5.41) is 3.52. The van der Waals surface area contributed by atoms with Crippen LogP contribution in [0.3, 0.4) is 0 Å². The monoisotopic (exact) mass is 301 g/mol. The van der Waals surface area contributed by atoms with Crippen LogP contribution in [0.5, 0.6) is 0 Å². The Morgan fingerprint density at radius 2 is 2.05 bits per heavy atom. The number of amides is 1. The van der Waals surface area contributed by atoms with Gasteiger partial charge in [0.25, 0.3) is 5.91 Å². The van der Waals surface area contributed by atoms with Gasteiger partial charge >= 0.3 is 0 Å². The van der Waals surface area contributed by atoms with E-state index in [2.05, 4.69) is 15.3 Å². The molecule has 2 aromatic heterocycles. The molecule has 1 aromatic carbocycles. The largest absolute Gasteiger partial charge is 0.320 e. The molecule has 1 N–H and O–H groups in total. The second-order valence-electron chi connectivity index (χ2n) is 4.35. The van der Waals surface area contributed by atoms with Crippen molar-refractivity contribution in [3.05, 3.63) is 65.3 Å². The molecule has 21 heavy (non-hydrogen) atoms. The minimum atomic E-state index is -0.602. The van der Waals surface area contributed by atoms with Gasteiger partial charge in [-0.1, -0.05) is 17.7 Å². The molecular formula is C15H9ClFN3O. The van der Waals surface area contributed by atoms with Crippen molar-refractivity contribution in [2.45, 2.75) is 0 Å². The lowest BCUT2D eigenvalue weighted by Gasteiger charge is -2.07. The van der Waals surface area contributed by atoms with E-state index in [1.807, 2.05) is 0 Å². The van der Waals surface area contributed by atoms with Gasteiger partial charge in [-0.25, -0.2) is 9.37 Å². The number of halogens is 2. The number of nitrogens with one attached hydrogen (secondary N) is 1. The fraction of sp³-hybridized carbons (Fsp3) is 0. The molecule has 0 unspecified atom stereocenters. The van der Waals surface area contributed by atoms with Crippen molar-refractivity contribution in [1.29, 1.82) is 0 Å². The lowest BCUT2D eigenvalue weighted by atomic mass is 10.1. The van der Waals surface area contributed by atoms with Gasteiger partial charge in [0.05, 0.1) is 23.0 Å². The van der Waals surface area contributed by atoms with Crippen LogP contribution in [0.4, 0.5) is 10.1 Å². The van der Waals surface area contributed by atoms with Crippen LogP contribution in [0.1, 0.15) is 10.4 Å². The Bertz CT molecular complexity index is 821. The Morgan fingerprint density at radius 1 is 1.19 bits per heavy atom. The van der Waals surface area contributed by atoms with Crippen molar-refractivity contribution >= 4 is 34.1 Å². The first kappa shape index (κ1) is 13.5. The van der Waals surface area contributed by atoms with Crippen LogP contribution >= 0.6 is 11.6 Å². The number of hydrogen-bond donors (Lipinski definition) is 1. The molecule has 0 aliphatic heterocycles. The average Bonchev–Trinajstić information content (AvgIpc) is 2.49. The minimum Gasteiger partial charge on any atom is -0.320 e. The van der Waals surface area contributed by atoms with Gasteiger partial charge in [-0.2, -0.15) is 0 Å². The Labute approximate surface area is 124 Å². The van der Waals surface area contributed by atoms with Crippen LogP contribution in [0.15, 0.2) is 48.8 Å². The van der Waals surface area contributed by atoms with E-state index >= 15 is 0 Å². The van der Waals surface area contributed by atoms with Crippen LogP contribution in [-0.2, 0) is 0 Å². The highest BCUT2D eigenvalue weighted by Gasteiger charge is 2.13. The van der Waals surface area contributed by atoms with E-state index in [0.29, 0.717) is 21.7 Å². The molecule has 0 atom stereocenters. The van der Waals surface area contributed by atoms with Crippen molar-refractivity contribution in [2.24, 2.45) is 0 Å². The second kappa shape index (κ2) is 5.46. The zero-order valence-electron chi connectivity index (χ0n) is 10.7. The highest BCUT2D eigenvalue weighted by atomic mass is 35.5. The lowest BCUT2D eigenvalue weighted by molar-refractivity contribution is 0.102. The fourth-order valence-corrected chi connectivity index (χ4v) is 2.03. The molecule has 3 rings (SSSR count). The van der Waals surface area contributed by atoms with Crippen molar-refractivity contribution in [3.63, 3.8) is 0 Å². The number of benzene rings is 1. The molecular weight excluding hydrogens is 293 g/mol. The van der Waals surface area contributed by atoms with Crippen LogP contribution in [0, 0.1) is 5.82 Å². The first-order valence-corrected chi connectivity index (χ1v) is 6.48. The summed E-state index contributed by atoms with van der Waals surface area (Å²) in [6, 6.07) is 9.28. The Hall–Kier alpha value is -2.53. The highest BCUT2D eigenvalue weighted by Crippen LogP contribution is 2.19. The third-order valence-electron chi connectivity index (χ3n) is 2.92. The Morgan fingerprint density at radius 3 is 2.81 bits per heavy atom.